The summed E-state index contributed by atoms with van der Waals surface area (Å²) < 4.78 is 5.60. The number of nitrogens with zero attached hydrogens (tertiary/aromatic N) is 2. The fraction of sp³-hybridized carbons (Fsp3) is 0.533. The Balaban J connectivity index is 1.94. The van der Waals surface area contributed by atoms with Crippen molar-refractivity contribution < 1.29 is 4.42 Å². The molecule has 0 amide bonds. The van der Waals surface area contributed by atoms with E-state index in [0.717, 1.165) is 36.9 Å². The molecule has 1 atom stereocenters. The quantitative estimate of drug-likeness (QED) is 0.811. The molecule has 5 heteroatoms. The molecule has 20 heavy (non-hydrogen) atoms. The maximum atomic E-state index is 5.60. The van der Waals surface area contributed by atoms with Crippen LogP contribution in [-0.4, -0.2) is 29.5 Å². The van der Waals surface area contributed by atoms with Crippen molar-refractivity contribution in [3.63, 3.8) is 0 Å². The first-order valence-corrected chi connectivity index (χ1v) is 7.95. The number of rotatable bonds is 8. The normalized spacial score (nSPS) is 13.0. The molecule has 2 rings (SSSR count). The van der Waals surface area contributed by atoms with E-state index in [9.17, 15) is 0 Å². The molecule has 0 aliphatic rings. The third-order valence-corrected chi connectivity index (χ3v) is 4.34. The van der Waals surface area contributed by atoms with Crippen molar-refractivity contribution in [1.29, 1.82) is 0 Å². The van der Waals surface area contributed by atoms with Gasteiger partial charge in [0.1, 0.15) is 5.76 Å². The highest BCUT2D eigenvalue weighted by molar-refractivity contribution is 7.11. The second-order valence-electron chi connectivity index (χ2n) is 4.73. The van der Waals surface area contributed by atoms with Crippen LogP contribution in [0, 0.1) is 6.92 Å². The lowest BCUT2D eigenvalue weighted by Crippen LogP contribution is -2.35. The third kappa shape index (κ3) is 3.91. The van der Waals surface area contributed by atoms with E-state index in [1.54, 1.807) is 17.6 Å². The van der Waals surface area contributed by atoms with E-state index < -0.39 is 0 Å². The van der Waals surface area contributed by atoms with Gasteiger partial charge in [0.05, 0.1) is 17.3 Å². The van der Waals surface area contributed by atoms with E-state index in [1.807, 2.05) is 19.2 Å². The Kier molecular flexibility index (Phi) is 5.76. The largest absolute Gasteiger partial charge is 0.468 e. The van der Waals surface area contributed by atoms with Gasteiger partial charge in [-0.2, -0.15) is 0 Å². The number of aryl methyl sites for hydroxylation is 1. The average Bonchev–Trinajstić information content (AvgIpc) is 3.10. The third-order valence-electron chi connectivity index (χ3n) is 3.43. The molecular weight excluding hydrogens is 270 g/mol. The summed E-state index contributed by atoms with van der Waals surface area (Å²) >= 11 is 1.75. The van der Waals surface area contributed by atoms with Gasteiger partial charge in [0.15, 0.2) is 0 Å². The summed E-state index contributed by atoms with van der Waals surface area (Å²) in [5.74, 6) is 1.03. The second kappa shape index (κ2) is 7.57. The molecule has 0 bridgehead atoms. The van der Waals surface area contributed by atoms with Crippen LogP contribution in [0.15, 0.2) is 29.0 Å². The van der Waals surface area contributed by atoms with Gasteiger partial charge in [-0.1, -0.05) is 13.8 Å². The van der Waals surface area contributed by atoms with Crippen LogP contribution in [-0.2, 0) is 6.54 Å². The zero-order valence-electron chi connectivity index (χ0n) is 12.4. The molecule has 2 aromatic rings. The molecule has 0 aromatic carbocycles. The lowest BCUT2D eigenvalue weighted by Gasteiger charge is -2.28. The summed E-state index contributed by atoms with van der Waals surface area (Å²) in [6.07, 6.45) is 3.70. The first kappa shape index (κ1) is 15.2. The molecular formula is C15H23N3OS. The fourth-order valence-electron chi connectivity index (χ4n) is 2.37. The van der Waals surface area contributed by atoms with E-state index in [0.29, 0.717) is 0 Å². The van der Waals surface area contributed by atoms with Crippen molar-refractivity contribution in [1.82, 2.24) is 15.2 Å². The summed E-state index contributed by atoms with van der Waals surface area (Å²) in [6.45, 7) is 10.2. The summed E-state index contributed by atoms with van der Waals surface area (Å²) in [5, 5.41) is 4.64. The predicted octanol–water partition coefficient (Wildman–Crippen LogP) is 3.22. The zero-order valence-corrected chi connectivity index (χ0v) is 13.2. The van der Waals surface area contributed by atoms with Crippen LogP contribution in [0.5, 0.6) is 0 Å². The summed E-state index contributed by atoms with van der Waals surface area (Å²) in [4.78, 5) is 7.97. The van der Waals surface area contributed by atoms with E-state index >= 15 is 0 Å². The zero-order chi connectivity index (χ0) is 14.4. The number of furan rings is 1. The Morgan fingerprint density at radius 3 is 2.75 bits per heavy atom. The first-order valence-electron chi connectivity index (χ1n) is 7.14. The molecule has 1 N–H and O–H groups in total. The number of thiazole rings is 1. The summed E-state index contributed by atoms with van der Waals surface area (Å²) in [5.41, 5.74) is 0. The van der Waals surface area contributed by atoms with E-state index in [-0.39, 0.29) is 6.04 Å². The minimum absolute atomic E-state index is 0.286. The van der Waals surface area contributed by atoms with Crippen molar-refractivity contribution in [3.05, 3.63) is 40.2 Å². The minimum Gasteiger partial charge on any atom is -0.468 e. The van der Waals surface area contributed by atoms with Gasteiger partial charge in [0, 0.05) is 24.2 Å². The molecule has 0 aliphatic heterocycles. The Morgan fingerprint density at radius 1 is 1.40 bits per heavy atom. The summed E-state index contributed by atoms with van der Waals surface area (Å²) in [7, 11) is 0. The van der Waals surface area contributed by atoms with Gasteiger partial charge in [-0.05, 0) is 32.1 Å². The maximum absolute atomic E-state index is 5.60. The number of aromatic nitrogens is 1. The lowest BCUT2D eigenvalue weighted by atomic mass is 10.2. The van der Waals surface area contributed by atoms with Gasteiger partial charge >= 0.3 is 0 Å². The van der Waals surface area contributed by atoms with Gasteiger partial charge in [-0.15, -0.1) is 11.3 Å². The molecule has 0 aliphatic carbocycles. The van der Waals surface area contributed by atoms with Gasteiger partial charge in [-0.25, -0.2) is 4.98 Å². The second-order valence-corrected chi connectivity index (χ2v) is 6.05. The fourth-order valence-corrected chi connectivity index (χ4v) is 3.14. The predicted molar refractivity (Wildman–Crippen MR) is 82.9 cm³/mol. The van der Waals surface area contributed by atoms with Crippen molar-refractivity contribution in [3.8, 4) is 0 Å². The van der Waals surface area contributed by atoms with Crippen molar-refractivity contribution >= 4 is 11.3 Å². The van der Waals surface area contributed by atoms with Gasteiger partial charge in [0.25, 0.3) is 0 Å². The van der Waals surface area contributed by atoms with Gasteiger partial charge in [-0.3, -0.25) is 4.90 Å². The molecule has 0 saturated heterocycles. The molecule has 2 heterocycles. The lowest BCUT2D eigenvalue weighted by molar-refractivity contribution is 0.188. The SMILES string of the molecule is CCN(CC)C(CNCc1cnc(C)s1)c1ccco1. The molecule has 0 saturated carbocycles. The Bertz CT molecular complexity index is 491. The molecule has 0 spiro atoms. The van der Waals surface area contributed by atoms with Crippen LogP contribution in [0.4, 0.5) is 0 Å². The van der Waals surface area contributed by atoms with Crippen LogP contribution in [0.2, 0.25) is 0 Å². The number of hydrogen-bond donors (Lipinski definition) is 1. The standard InChI is InChI=1S/C15H23N3OS/c1-4-18(5-2)14(15-7-6-8-19-15)11-16-9-13-10-17-12(3)20-13/h6-8,10,14,16H,4-5,9,11H2,1-3H3. The first-order chi connectivity index (χ1) is 9.74. The van der Waals surface area contributed by atoms with E-state index in [1.165, 1.54) is 4.88 Å². The van der Waals surface area contributed by atoms with E-state index in [2.05, 4.69) is 35.1 Å². The molecule has 4 nitrogen and oxygen atoms in total. The highest BCUT2D eigenvalue weighted by Gasteiger charge is 2.20. The van der Waals surface area contributed by atoms with Crippen LogP contribution in [0.3, 0.4) is 0 Å². The number of nitrogens with one attached hydrogen (secondary N) is 1. The van der Waals surface area contributed by atoms with Crippen LogP contribution in [0.25, 0.3) is 0 Å². The smallest absolute Gasteiger partial charge is 0.122 e. The highest BCUT2D eigenvalue weighted by Crippen LogP contribution is 2.20. The number of hydrogen-bond acceptors (Lipinski definition) is 5. The molecule has 110 valence electrons. The maximum Gasteiger partial charge on any atom is 0.122 e. The van der Waals surface area contributed by atoms with Gasteiger partial charge in [0.2, 0.25) is 0 Å². The van der Waals surface area contributed by atoms with Crippen molar-refractivity contribution in [2.24, 2.45) is 0 Å². The van der Waals surface area contributed by atoms with Crippen LogP contribution in [0.1, 0.15) is 35.5 Å². The molecule has 0 fully saturated rings. The molecule has 1 unspecified atom stereocenters. The molecule has 2 aromatic heterocycles. The van der Waals surface area contributed by atoms with Gasteiger partial charge < -0.3 is 9.73 Å². The van der Waals surface area contributed by atoms with Crippen LogP contribution >= 0.6 is 11.3 Å². The minimum atomic E-state index is 0.286. The highest BCUT2D eigenvalue weighted by atomic mass is 32.1. The topological polar surface area (TPSA) is 41.3 Å². The molecule has 0 radical (unpaired) electrons. The van der Waals surface area contributed by atoms with E-state index in [4.69, 9.17) is 4.42 Å². The Morgan fingerprint density at radius 2 is 2.20 bits per heavy atom. The van der Waals surface area contributed by atoms with Crippen LogP contribution < -0.4 is 5.32 Å². The van der Waals surface area contributed by atoms with Crippen molar-refractivity contribution in [2.75, 3.05) is 19.6 Å². The van der Waals surface area contributed by atoms with Crippen molar-refractivity contribution in [2.45, 2.75) is 33.4 Å². The summed E-state index contributed by atoms with van der Waals surface area (Å²) in [6, 6.07) is 4.30. The average molecular weight is 293 g/mol. The Labute approximate surface area is 124 Å². The monoisotopic (exact) mass is 293 g/mol. The Hall–Kier alpha value is -1.17. The number of likely N-dealkylation sites (N-methyl/N-ethyl adjacent to an activating group) is 1.